The molecule has 0 bridgehead atoms. The number of rotatable bonds is 5. The van der Waals surface area contributed by atoms with Crippen molar-refractivity contribution in [2.75, 3.05) is 0 Å². The van der Waals surface area contributed by atoms with Gasteiger partial charge in [0.1, 0.15) is 11.6 Å². The van der Waals surface area contributed by atoms with E-state index in [9.17, 15) is 9.18 Å². The largest absolute Gasteiger partial charge is 0.439 e. The lowest BCUT2D eigenvalue weighted by molar-refractivity contribution is -0.124. The van der Waals surface area contributed by atoms with Crippen LogP contribution in [0.5, 0.6) is 11.6 Å². The van der Waals surface area contributed by atoms with Crippen LogP contribution in [-0.4, -0.2) is 10.9 Å². The second kappa shape index (κ2) is 6.83. The van der Waals surface area contributed by atoms with Crippen molar-refractivity contribution >= 4 is 5.91 Å². The van der Waals surface area contributed by atoms with Gasteiger partial charge in [0.15, 0.2) is 0 Å². The molecule has 0 saturated heterocycles. The molecule has 4 nitrogen and oxygen atoms in total. The van der Waals surface area contributed by atoms with Gasteiger partial charge in [-0.15, -0.1) is 0 Å². The molecule has 5 heteroatoms. The van der Waals surface area contributed by atoms with Crippen LogP contribution < -0.4 is 10.1 Å². The zero-order valence-corrected chi connectivity index (χ0v) is 12.0. The topological polar surface area (TPSA) is 51.2 Å². The van der Waals surface area contributed by atoms with Gasteiger partial charge >= 0.3 is 0 Å². The number of aromatic nitrogens is 1. The van der Waals surface area contributed by atoms with Crippen LogP contribution in [0, 0.1) is 11.7 Å². The normalized spacial score (nSPS) is 10.5. The summed E-state index contributed by atoms with van der Waals surface area (Å²) in [4.78, 5) is 15.6. The van der Waals surface area contributed by atoms with Gasteiger partial charge in [-0.05, 0) is 35.9 Å². The molecule has 0 aliphatic carbocycles. The molecule has 2 rings (SSSR count). The highest BCUT2D eigenvalue weighted by Crippen LogP contribution is 2.20. The summed E-state index contributed by atoms with van der Waals surface area (Å²) in [6, 6.07) is 9.25. The predicted molar refractivity (Wildman–Crippen MR) is 77.4 cm³/mol. The summed E-state index contributed by atoms with van der Waals surface area (Å²) in [5.74, 6) is 0.528. The van der Waals surface area contributed by atoms with E-state index in [-0.39, 0.29) is 17.6 Å². The second-order valence-corrected chi connectivity index (χ2v) is 4.93. The third kappa shape index (κ3) is 4.56. The summed E-state index contributed by atoms with van der Waals surface area (Å²) in [6.07, 6.45) is 1.61. The Bertz CT molecular complexity index is 612. The predicted octanol–water partition coefficient (Wildman–Crippen LogP) is 3.29. The first-order valence-electron chi connectivity index (χ1n) is 6.70. The second-order valence-electron chi connectivity index (χ2n) is 4.93. The smallest absolute Gasteiger partial charge is 0.222 e. The minimum Gasteiger partial charge on any atom is -0.439 e. The Labute approximate surface area is 123 Å². The zero-order chi connectivity index (χ0) is 15.2. The fraction of sp³-hybridized carbons (Fsp3) is 0.250. The van der Waals surface area contributed by atoms with Crippen molar-refractivity contribution < 1.29 is 13.9 Å². The Hall–Kier alpha value is -2.43. The van der Waals surface area contributed by atoms with Gasteiger partial charge in [-0.25, -0.2) is 9.37 Å². The van der Waals surface area contributed by atoms with Crippen molar-refractivity contribution in [1.82, 2.24) is 10.3 Å². The first-order valence-corrected chi connectivity index (χ1v) is 6.70. The molecule has 0 aliphatic heterocycles. The van der Waals surface area contributed by atoms with Gasteiger partial charge in [0, 0.05) is 24.7 Å². The molecule has 0 fully saturated rings. The van der Waals surface area contributed by atoms with Gasteiger partial charge in [-0.1, -0.05) is 13.8 Å². The van der Waals surface area contributed by atoms with E-state index in [4.69, 9.17) is 4.74 Å². The number of hydrogen-bond acceptors (Lipinski definition) is 3. The maximum Gasteiger partial charge on any atom is 0.222 e. The average Bonchev–Trinajstić information content (AvgIpc) is 2.47. The van der Waals surface area contributed by atoms with Crippen molar-refractivity contribution in [3.05, 3.63) is 54.0 Å². The maximum absolute atomic E-state index is 12.8. The van der Waals surface area contributed by atoms with Crippen LogP contribution in [0.4, 0.5) is 4.39 Å². The number of pyridine rings is 1. The van der Waals surface area contributed by atoms with E-state index < -0.39 is 0 Å². The lowest BCUT2D eigenvalue weighted by Gasteiger charge is -2.09. The van der Waals surface area contributed by atoms with E-state index in [0.29, 0.717) is 18.2 Å². The van der Waals surface area contributed by atoms with Gasteiger partial charge < -0.3 is 10.1 Å². The summed E-state index contributed by atoms with van der Waals surface area (Å²) in [7, 11) is 0. The first-order chi connectivity index (χ1) is 10.0. The van der Waals surface area contributed by atoms with Gasteiger partial charge in [-0.3, -0.25) is 4.79 Å². The molecule has 0 saturated carbocycles. The van der Waals surface area contributed by atoms with Crippen LogP contribution in [0.1, 0.15) is 19.4 Å². The zero-order valence-electron chi connectivity index (χ0n) is 12.0. The minimum absolute atomic E-state index is 0.00665. The summed E-state index contributed by atoms with van der Waals surface area (Å²) in [6.45, 7) is 4.09. The minimum atomic E-state index is -0.319. The fourth-order valence-corrected chi connectivity index (χ4v) is 1.63. The Morgan fingerprint density at radius 1 is 1.29 bits per heavy atom. The number of carbonyl (C=O) groups is 1. The van der Waals surface area contributed by atoms with E-state index in [1.165, 1.54) is 24.3 Å². The molecule has 110 valence electrons. The molecular formula is C16H17FN2O2. The highest BCUT2D eigenvalue weighted by Gasteiger charge is 2.07. The first kappa shape index (κ1) is 15.0. The van der Waals surface area contributed by atoms with Crippen LogP contribution in [0.25, 0.3) is 0 Å². The molecule has 2 aromatic rings. The van der Waals surface area contributed by atoms with E-state index in [1.54, 1.807) is 18.3 Å². The number of halogens is 1. The maximum atomic E-state index is 12.8. The molecule has 1 N–H and O–H groups in total. The number of amides is 1. The van der Waals surface area contributed by atoms with E-state index in [1.807, 2.05) is 13.8 Å². The lowest BCUT2D eigenvalue weighted by atomic mass is 10.2. The summed E-state index contributed by atoms with van der Waals surface area (Å²) >= 11 is 0. The van der Waals surface area contributed by atoms with Gasteiger partial charge in [0.2, 0.25) is 11.8 Å². The van der Waals surface area contributed by atoms with Crippen molar-refractivity contribution in [2.45, 2.75) is 20.4 Å². The number of nitrogens with zero attached hydrogens (tertiary/aromatic N) is 1. The van der Waals surface area contributed by atoms with E-state index in [2.05, 4.69) is 10.3 Å². The Balaban J connectivity index is 2.00. The molecule has 0 unspecified atom stereocenters. The van der Waals surface area contributed by atoms with E-state index in [0.717, 1.165) is 5.56 Å². The number of nitrogens with one attached hydrogen (secondary N) is 1. The summed E-state index contributed by atoms with van der Waals surface area (Å²) in [5.41, 5.74) is 0.885. The lowest BCUT2D eigenvalue weighted by Crippen LogP contribution is -2.27. The molecule has 21 heavy (non-hydrogen) atoms. The van der Waals surface area contributed by atoms with E-state index >= 15 is 0 Å². The molecule has 0 spiro atoms. The van der Waals surface area contributed by atoms with Crippen LogP contribution in [0.3, 0.4) is 0 Å². The Kier molecular flexibility index (Phi) is 4.87. The van der Waals surface area contributed by atoms with Crippen LogP contribution in [-0.2, 0) is 11.3 Å². The molecule has 0 radical (unpaired) electrons. The third-order valence-corrected chi connectivity index (χ3v) is 2.83. The van der Waals surface area contributed by atoms with Gasteiger partial charge in [0.05, 0.1) is 0 Å². The highest BCUT2D eigenvalue weighted by molar-refractivity contribution is 5.77. The number of hydrogen-bond donors (Lipinski definition) is 1. The summed E-state index contributed by atoms with van der Waals surface area (Å²) < 4.78 is 18.4. The SMILES string of the molecule is CC(C)C(=O)NCc1ccnc(Oc2ccc(F)cc2)c1. The van der Waals surface area contributed by atoms with Crippen LogP contribution >= 0.6 is 0 Å². The quantitative estimate of drug-likeness (QED) is 0.918. The molecule has 1 aromatic carbocycles. The molecule has 1 amide bonds. The average molecular weight is 288 g/mol. The van der Waals surface area contributed by atoms with Crippen molar-refractivity contribution in [3.63, 3.8) is 0 Å². The Morgan fingerprint density at radius 3 is 2.67 bits per heavy atom. The molecule has 0 aliphatic rings. The van der Waals surface area contributed by atoms with Crippen molar-refractivity contribution in [3.8, 4) is 11.6 Å². The molecule has 0 atom stereocenters. The summed E-state index contributed by atoms with van der Waals surface area (Å²) in [5, 5.41) is 2.83. The van der Waals surface area contributed by atoms with Crippen LogP contribution in [0.15, 0.2) is 42.6 Å². The standard InChI is InChI=1S/C16H17FN2O2/c1-11(2)16(20)19-10-12-7-8-18-15(9-12)21-14-5-3-13(17)4-6-14/h3-9,11H,10H2,1-2H3,(H,19,20). The fourth-order valence-electron chi connectivity index (χ4n) is 1.63. The van der Waals surface area contributed by atoms with Gasteiger partial charge in [-0.2, -0.15) is 0 Å². The van der Waals surface area contributed by atoms with Crippen LogP contribution in [0.2, 0.25) is 0 Å². The number of ether oxygens (including phenoxy) is 1. The molecule has 1 heterocycles. The van der Waals surface area contributed by atoms with Gasteiger partial charge in [0.25, 0.3) is 0 Å². The monoisotopic (exact) mass is 288 g/mol. The third-order valence-electron chi connectivity index (χ3n) is 2.83. The molecular weight excluding hydrogens is 271 g/mol. The van der Waals surface area contributed by atoms with Crippen molar-refractivity contribution in [1.29, 1.82) is 0 Å². The number of benzene rings is 1. The van der Waals surface area contributed by atoms with Crippen molar-refractivity contribution in [2.24, 2.45) is 5.92 Å². The Morgan fingerprint density at radius 2 is 2.00 bits per heavy atom. The molecule has 1 aromatic heterocycles. The number of carbonyl (C=O) groups excluding carboxylic acids is 1. The highest BCUT2D eigenvalue weighted by atomic mass is 19.1.